The second-order valence-corrected chi connectivity index (χ2v) is 8.04. The SMILES string of the molecule is Cc1ccsc1C(=O)N1CC[C@]2(CCCN(c3ccccn3)C2)C1. The Bertz CT molecular complexity index is 729. The highest BCUT2D eigenvalue weighted by Gasteiger charge is 2.43. The van der Waals surface area contributed by atoms with Crippen LogP contribution in [0.4, 0.5) is 5.82 Å². The summed E-state index contributed by atoms with van der Waals surface area (Å²) in [6.45, 7) is 5.87. The van der Waals surface area contributed by atoms with Gasteiger partial charge in [0.25, 0.3) is 5.91 Å². The highest BCUT2D eigenvalue weighted by Crippen LogP contribution is 2.40. The Hall–Kier alpha value is -1.88. The van der Waals surface area contributed by atoms with Crippen LogP contribution in [0.25, 0.3) is 0 Å². The van der Waals surface area contributed by atoms with E-state index in [4.69, 9.17) is 0 Å². The fraction of sp³-hybridized carbons (Fsp3) is 0.474. The van der Waals surface area contributed by atoms with E-state index in [0.29, 0.717) is 0 Å². The molecule has 126 valence electrons. The number of carbonyl (C=O) groups is 1. The van der Waals surface area contributed by atoms with Crippen molar-refractivity contribution in [2.24, 2.45) is 5.41 Å². The van der Waals surface area contributed by atoms with Crippen LogP contribution < -0.4 is 4.90 Å². The lowest BCUT2D eigenvalue weighted by atomic mass is 9.79. The van der Waals surface area contributed by atoms with Crippen molar-refractivity contribution in [1.29, 1.82) is 0 Å². The van der Waals surface area contributed by atoms with Crippen LogP contribution in [0.1, 0.15) is 34.5 Å². The first-order valence-electron chi connectivity index (χ1n) is 8.66. The van der Waals surface area contributed by atoms with Crippen LogP contribution in [-0.4, -0.2) is 42.0 Å². The maximum atomic E-state index is 12.8. The van der Waals surface area contributed by atoms with Gasteiger partial charge < -0.3 is 9.80 Å². The Labute approximate surface area is 147 Å². The molecular formula is C19H23N3OS. The van der Waals surface area contributed by atoms with Gasteiger partial charge in [-0.1, -0.05) is 6.07 Å². The van der Waals surface area contributed by atoms with Gasteiger partial charge in [-0.05, 0) is 55.3 Å². The number of rotatable bonds is 2. The van der Waals surface area contributed by atoms with E-state index in [2.05, 4.69) is 20.9 Å². The van der Waals surface area contributed by atoms with Gasteiger partial charge in [-0.25, -0.2) is 4.98 Å². The Morgan fingerprint density at radius 1 is 1.21 bits per heavy atom. The summed E-state index contributed by atoms with van der Waals surface area (Å²) < 4.78 is 0. The number of piperidine rings is 1. The summed E-state index contributed by atoms with van der Waals surface area (Å²) in [7, 11) is 0. The third kappa shape index (κ3) is 2.81. The number of aryl methyl sites for hydroxylation is 1. The van der Waals surface area contributed by atoms with E-state index in [9.17, 15) is 4.79 Å². The number of hydrogen-bond acceptors (Lipinski definition) is 4. The largest absolute Gasteiger partial charge is 0.356 e. The summed E-state index contributed by atoms with van der Waals surface area (Å²) in [5.74, 6) is 1.28. The van der Waals surface area contributed by atoms with E-state index >= 15 is 0 Å². The van der Waals surface area contributed by atoms with Gasteiger partial charge in [-0.3, -0.25) is 4.79 Å². The summed E-state index contributed by atoms with van der Waals surface area (Å²) in [5, 5.41) is 2.01. The lowest BCUT2D eigenvalue weighted by molar-refractivity contribution is 0.0771. The first-order chi connectivity index (χ1) is 11.7. The van der Waals surface area contributed by atoms with Gasteiger partial charge in [-0.2, -0.15) is 0 Å². The van der Waals surface area contributed by atoms with Crippen molar-refractivity contribution in [2.75, 3.05) is 31.1 Å². The normalized spacial score (nSPS) is 23.9. The van der Waals surface area contributed by atoms with Crippen molar-refractivity contribution in [1.82, 2.24) is 9.88 Å². The minimum atomic E-state index is 0.217. The molecule has 4 heterocycles. The van der Waals surface area contributed by atoms with Gasteiger partial charge in [0.15, 0.2) is 0 Å². The van der Waals surface area contributed by atoms with E-state index in [1.54, 1.807) is 11.3 Å². The molecule has 1 amide bonds. The Morgan fingerprint density at radius 3 is 2.88 bits per heavy atom. The second kappa shape index (κ2) is 6.20. The van der Waals surface area contributed by atoms with Gasteiger partial charge in [0.1, 0.15) is 5.82 Å². The summed E-state index contributed by atoms with van der Waals surface area (Å²) in [5.41, 5.74) is 1.33. The third-order valence-corrected chi connectivity index (χ3v) is 6.42. The fourth-order valence-corrected chi connectivity index (χ4v) is 5.01. The molecule has 2 saturated heterocycles. The number of amides is 1. The molecule has 1 atom stereocenters. The minimum absolute atomic E-state index is 0.217. The molecule has 2 aromatic heterocycles. The molecule has 1 spiro atoms. The van der Waals surface area contributed by atoms with Crippen LogP contribution in [0.2, 0.25) is 0 Å². The van der Waals surface area contributed by atoms with Gasteiger partial charge in [0.05, 0.1) is 4.88 Å². The van der Waals surface area contributed by atoms with E-state index in [-0.39, 0.29) is 11.3 Å². The van der Waals surface area contributed by atoms with Crippen molar-refractivity contribution in [2.45, 2.75) is 26.2 Å². The molecule has 0 aliphatic carbocycles. The molecule has 0 unspecified atom stereocenters. The molecule has 24 heavy (non-hydrogen) atoms. The zero-order valence-corrected chi connectivity index (χ0v) is 14.9. The zero-order valence-electron chi connectivity index (χ0n) is 14.1. The molecule has 5 heteroatoms. The molecule has 4 nitrogen and oxygen atoms in total. The maximum absolute atomic E-state index is 12.8. The molecule has 0 aromatic carbocycles. The lowest BCUT2D eigenvalue weighted by Gasteiger charge is -2.41. The van der Waals surface area contributed by atoms with Crippen molar-refractivity contribution < 1.29 is 4.79 Å². The molecule has 0 radical (unpaired) electrons. The van der Waals surface area contributed by atoms with E-state index in [1.165, 1.54) is 12.8 Å². The average Bonchev–Trinajstić information content (AvgIpc) is 3.22. The quantitative estimate of drug-likeness (QED) is 0.838. The molecule has 0 saturated carbocycles. The standard InChI is InChI=1S/C19H23N3OS/c1-15-6-12-24-17(15)18(23)22-11-8-19(14-22)7-4-10-21(13-19)16-5-2-3-9-20-16/h2-3,5-6,9,12H,4,7-8,10-11,13-14H2,1H3/t19-/m0/s1. The number of likely N-dealkylation sites (tertiary alicyclic amines) is 1. The Morgan fingerprint density at radius 2 is 2.12 bits per heavy atom. The van der Waals surface area contributed by atoms with Crippen molar-refractivity contribution >= 4 is 23.1 Å². The number of pyridine rings is 1. The Kier molecular flexibility index (Phi) is 4.04. The number of anilines is 1. The number of carbonyl (C=O) groups excluding carboxylic acids is 1. The summed E-state index contributed by atoms with van der Waals surface area (Å²) >= 11 is 1.57. The monoisotopic (exact) mass is 341 g/mol. The number of aromatic nitrogens is 1. The van der Waals surface area contributed by atoms with Crippen LogP contribution in [0, 0.1) is 12.3 Å². The highest BCUT2D eigenvalue weighted by atomic mass is 32.1. The highest BCUT2D eigenvalue weighted by molar-refractivity contribution is 7.12. The predicted molar refractivity (Wildman–Crippen MR) is 97.7 cm³/mol. The third-order valence-electron chi connectivity index (χ3n) is 5.42. The lowest BCUT2D eigenvalue weighted by Crippen LogP contribution is -2.45. The number of thiophene rings is 1. The van der Waals surface area contributed by atoms with Crippen LogP contribution in [0.5, 0.6) is 0 Å². The zero-order chi connectivity index (χ0) is 16.6. The number of hydrogen-bond donors (Lipinski definition) is 0. The molecule has 2 fully saturated rings. The van der Waals surface area contributed by atoms with Crippen LogP contribution in [0.3, 0.4) is 0 Å². The van der Waals surface area contributed by atoms with Gasteiger partial charge >= 0.3 is 0 Å². The smallest absolute Gasteiger partial charge is 0.264 e. The second-order valence-electron chi connectivity index (χ2n) is 7.12. The molecular weight excluding hydrogens is 318 g/mol. The summed E-state index contributed by atoms with van der Waals surface area (Å²) in [6, 6.07) is 8.13. The first-order valence-corrected chi connectivity index (χ1v) is 9.54. The van der Waals surface area contributed by atoms with Crippen LogP contribution in [0.15, 0.2) is 35.8 Å². The van der Waals surface area contributed by atoms with E-state index in [1.807, 2.05) is 36.7 Å². The summed E-state index contributed by atoms with van der Waals surface area (Å²) in [6.07, 6.45) is 5.35. The molecule has 4 rings (SSSR count). The van der Waals surface area contributed by atoms with E-state index < -0.39 is 0 Å². The van der Waals surface area contributed by atoms with E-state index in [0.717, 1.165) is 48.9 Å². The van der Waals surface area contributed by atoms with Crippen LogP contribution in [-0.2, 0) is 0 Å². The topological polar surface area (TPSA) is 36.4 Å². The van der Waals surface area contributed by atoms with Gasteiger partial charge in [0, 0.05) is 37.8 Å². The molecule has 2 aliphatic rings. The first kappa shape index (κ1) is 15.6. The fourth-order valence-electron chi connectivity index (χ4n) is 4.12. The van der Waals surface area contributed by atoms with Gasteiger partial charge in [0.2, 0.25) is 0 Å². The molecule has 2 aromatic rings. The average molecular weight is 341 g/mol. The number of nitrogens with zero attached hydrogens (tertiary/aromatic N) is 3. The van der Waals surface area contributed by atoms with Crippen molar-refractivity contribution in [3.8, 4) is 0 Å². The molecule has 2 aliphatic heterocycles. The van der Waals surface area contributed by atoms with Crippen LogP contribution >= 0.6 is 11.3 Å². The van der Waals surface area contributed by atoms with Gasteiger partial charge in [-0.15, -0.1) is 11.3 Å². The van der Waals surface area contributed by atoms with Crippen molar-refractivity contribution in [3.63, 3.8) is 0 Å². The maximum Gasteiger partial charge on any atom is 0.264 e. The Balaban J connectivity index is 1.49. The molecule has 0 N–H and O–H groups in total. The molecule has 0 bridgehead atoms. The summed E-state index contributed by atoms with van der Waals surface area (Å²) in [4.78, 5) is 22.7. The van der Waals surface area contributed by atoms with Crippen molar-refractivity contribution in [3.05, 3.63) is 46.3 Å². The predicted octanol–water partition coefficient (Wildman–Crippen LogP) is 3.58. The minimum Gasteiger partial charge on any atom is -0.356 e.